The van der Waals surface area contributed by atoms with Gasteiger partial charge in [-0.2, -0.15) is 0 Å². The van der Waals surface area contributed by atoms with Gasteiger partial charge < -0.3 is 0 Å². The maximum Gasteiger partial charge on any atom is -0.0264 e. The molecule has 2 saturated carbocycles. The number of hydrogen-bond donors (Lipinski definition) is 0. The maximum atomic E-state index is 2.50. The molecule has 2 fully saturated rings. The van der Waals surface area contributed by atoms with Crippen LogP contribution in [0.3, 0.4) is 0 Å². The van der Waals surface area contributed by atoms with E-state index in [0.717, 1.165) is 17.3 Å². The SMILES string of the molecule is CCC1C2CCCCC12C. The van der Waals surface area contributed by atoms with Crippen LogP contribution >= 0.6 is 0 Å². The van der Waals surface area contributed by atoms with Gasteiger partial charge in [-0.3, -0.25) is 0 Å². The van der Waals surface area contributed by atoms with Crippen LogP contribution in [0.4, 0.5) is 0 Å². The van der Waals surface area contributed by atoms with Crippen molar-refractivity contribution in [3.8, 4) is 0 Å². The summed E-state index contributed by atoms with van der Waals surface area (Å²) in [6.45, 7) is 4.86. The van der Waals surface area contributed by atoms with E-state index in [1.165, 1.54) is 32.1 Å². The lowest BCUT2D eigenvalue weighted by Crippen LogP contribution is -2.04. The topological polar surface area (TPSA) is 0 Å². The van der Waals surface area contributed by atoms with Gasteiger partial charge in [0.1, 0.15) is 0 Å². The molecular formula is C10H18. The Bertz CT molecular complexity index is 133. The van der Waals surface area contributed by atoms with E-state index in [1.807, 2.05) is 0 Å². The molecule has 3 unspecified atom stereocenters. The van der Waals surface area contributed by atoms with Gasteiger partial charge in [0.2, 0.25) is 0 Å². The van der Waals surface area contributed by atoms with Gasteiger partial charge in [-0.15, -0.1) is 0 Å². The summed E-state index contributed by atoms with van der Waals surface area (Å²) >= 11 is 0. The molecule has 0 aliphatic heterocycles. The number of hydrogen-bond acceptors (Lipinski definition) is 0. The van der Waals surface area contributed by atoms with E-state index < -0.39 is 0 Å². The highest BCUT2D eigenvalue weighted by Gasteiger charge is 2.59. The number of rotatable bonds is 1. The Hall–Kier alpha value is 0. The van der Waals surface area contributed by atoms with Crippen molar-refractivity contribution >= 4 is 0 Å². The van der Waals surface area contributed by atoms with E-state index in [1.54, 1.807) is 0 Å². The summed E-state index contributed by atoms with van der Waals surface area (Å²) < 4.78 is 0. The van der Waals surface area contributed by atoms with Crippen LogP contribution in [0, 0.1) is 17.3 Å². The molecule has 0 aromatic rings. The summed E-state index contributed by atoms with van der Waals surface area (Å²) in [6, 6.07) is 0. The molecule has 0 aromatic heterocycles. The highest BCUT2D eigenvalue weighted by Crippen LogP contribution is 2.67. The Morgan fingerprint density at radius 3 is 2.70 bits per heavy atom. The first-order chi connectivity index (χ1) is 4.79. The second-order valence-electron chi connectivity index (χ2n) is 4.37. The van der Waals surface area contributed by atoms with Crippen LogP contribution in [0.1, 0.15) is 46.0 Å². The summed E-state index contributed by atoms with van der Waals surface area (Å²) in [5, 5.41) is 0. The first kappa shape index (κ1) is 6.69. The first-order valence-electron chi connectivity index (χ1n) is 4.79. The highest BCUT2D eigenvalue weighted by atomic mass is 14.6. The molecule has 0 spiro atoms. The summed E-state index contributed by atoms with van der Waals surface area (Å²) in [5.41, 5.74) is 0.812. The Balaban J connectivity index is 2.05. The minimum atomic E-state index is 0.812. The zero-order valence-electron chi connectivity index (χ0n) is 7.19. The highest BCUT2D eigenvalue weighted by molar-refractivity contribution is 5.08. The third-order valence-corrected chi connectivity index (χ3v) is 3.99. The molecule has 58 valence electrons. The fraction of sp³-hybridized carbons (Fsp3) is 1.00. The van der Waals surface area contributed by atoms with Crippen LogP contribution in [0.2, 0.25) is 0 Å². The molecule has 2 rings (SSSR count). The van der Waals surface area contributed by atoms with E-state index in [9.17, 15) is 0 Å². The van der Waals surface area contributed by atoms with E-state index in [2.05, 4.69) is 13.8 Å². The third kappa shape index (κ3) is 0.681. The van der Waals surface area contributed by atoms with Crippen molar-refractivity contribution in [1.29, 1.82) is 0 Å². The van der Waals surface area contributed by atoms with E-state index >= 15 is 0 Å². The lowest BCUT2D eigenvalue weighted by molar-refractivity contribution is 0.358. The number of fused-ring (bicyclic) bond motifs is 1. The molecule has 0 bridgehead atoms. The van der Waals surface area contributed by atoms with Crippen LogP contribution < -0.4 is 0 Å². The predicted octanol–water partition coefficient (Wildman–Crippen LogP) is 3.22. The first-order valence-corrected chi connectivity index (χ1v) is 4.79. The molecule has 2 aliphatic rings. The second-order valence-corrected chi connectivity index (χ2v) is 4.37. The van der Waals surface area contributed by atoms with Gasteiger partial charge in [0.25, 0.3) is 0 Å². The van der Waals surface area contributed by atoms with E-state index in [4.69, 9.17) is 0 Å². The average Bonchev–Trinajstić information content (AvgIpc) is 2.54. The predicted molar refractivity (Wildman–Crippen MR) is 43.8 cm³/mol. The monoisotopic (exact) mass is 138 g/mol. The normalized spacial score (nSPS) is 52.2. The van der Waals surface area contributed by atoms with E-state index in [0.29, 0.717) is 0 Å². The van der Waals surface area contributed by atoms with Crippen LogP contribution in [-0.2, 0) is 0 Å². The molecule has 3 atom stereocenters. The minimum Gasteiger partial charge on any atom is -0.0651 e. The molecule has 10 heavy (non-hydrogen) atoms. The zero-order valence-corrected chi connectivity index (χ0v) is 7.19. The van der Waals surface area contributed by atoms with Crippen molar-refractivity contribution in [1.82, 2.24) is 0 Å². The van der Waals surface area contributed by atoms with Gasteiger partial charge in [0, 0.05) is 0 Å². The smallest absolute Gasteiger partial charge is 0.0264 e. The van der Waals surface area contributed by atoms with Crippen LogP contribution in [0.5, 0.6) is 0 Å². The molecular weight excluding hydrogens is 120 g/mol. The Kier molecular flexibility index (Phi) is 1.33. The van der Waals surface area contributed by atoms with Crippen LogP contribution in [0.15, 0.2) is 0 Å². The van der Waals surface area contributed by atoms with Crippen molar-refractivity contribution in [3.05, 3.63) is 0 Å². The Morgan fingerprint density at radius 2 is 2.20 bits per heavy atom. The lowest BCUT2D eigenvalue weighted by atomic mass is 9.90. The largest absolute Gasteiger partial charge is 0.0651 e. The lowest BCUT2D eigenvalue weighted by Gasteiger charge is -2.15. The summed E-state index contributed by atoms with van der Waals surface area (Å²) in [4.78, 5) is 0. The molecule has 0 N–H and O–H groups in total. The van der Waals surface area contributed by atoms with Gasteiger partial charge in [-0.1, -0.05) is 33.1 Å². The van der Waals surface area contributed by atoms with Gasteiger partial charge in [-0.25, -0.2) is 0 Å². The van der Waals surface area contributed by atoms with Gasteiger partial charge >= 0.3 is 0 Å². The summed E-state index contributed by atoms with van der Waals surface area (Å²) in [5.74, 6) is 2.24. The fourth-order valence-electron chi connectivity index (χ4n) is 3.29. The average molecular weight is 138 g/mol. The molecule has 0 aromatic carbocycles. The van der Waals surface area contributed by atoms with Crippen molar-refractivity contribution in [2.24, 2.45) is 17.3 Å². The zero-order chi connectivity index (χ0) is 7.19. The maximum absolute atomic E-state index is 2.50. The van der Waals surface area contributed by atoms with Crippen molar-refractivity contribution < 1.29 is 0 Å². The van der Waals surface area contributed by atoms with Crippen LogP contribution in [0.25, 0.3) is 0 Å². The molecule has 0 amide bonds. The summed E-state index contributed by atoms with van der Waals surface area (Å²) in [6.07, 6.45) is 7.51. The molecule has 0 nitrogen and oxygen atoms in total. The van der Waals surface area contributed by atoms with E-state index in [-0.39, 0.29) is 0 Å². The molecule has 0 saturated heterocycles. The Morgan fingerprint density at radius 1 is 1.40 bits per heavy atom. The molecule has 0 radical (unpaired) electrons. The summed E-state index contributed by atoms with van der Waals surface area (Å²) in [7, 11) is 0. The van der Waals surface area contributed by atoms with Gasteiger partial charge in [0.05, 0.1) is 0 Å². The van der Waals surface area contributed by atoms with Crippen molar-refractivity contribution in [3.63, 3.8) is 0 Å². The molecule has 0 heterocycles. The van der Waals surface area contributed by atoms with Gasteiger partial charge in [-0.05, 0) is 30.1 Å². The van der Waals surface area contributed by atoms with Crippen molar-refractivity contribution in [2.75, 3.05) is 0 Å². The Labute approximate surface area is 64.0 Å². The quantitative estimate of drug-likeness (QED) is 0.522. The third-order valence-electron chi connectivity index (χ3n) is 3.99. The standard InChI is InChI=1S/C10H18/c1-3-8-9-6-4-5-7-10(8,9)2/h8-9H,3-7H2,1-2H3. The van der Waals surface area contributed by atoms with Crippen LogP contribution in [-0.4, -0.2) is 0 Å². The second kappa shape index (κ2) is 1.99. The molecule has 2 aliphatic carbocycles. The van der Waals surface area contributed by atoms with Gasteiger partial charge in [0.15, 0.2) is 0 Å². The minimum absolute atomic E-state index is 0.812. The molecule has 0 heteroatoms. The van der Waals surface area contributed by atoms with Crippen molar-refractivity contribution in [2.45, 2.75) is 46.0 Å². The fourth-order valence-corrected chi connectivity index (χ4v) is 3.29.